The molecule has 1 heterocycles. The third-order valence-corrected chi connectivity index (χ3v) is 10.9. The number of nitrogens with one attached hydrogen (secondary N) is 1. The predicted molar refractivity (Wildman–Crippen MR) is 148 cm³/mol. The third-order valence-electron chi connectivity index (χ3n) is 10.6. The topological polar surface area (TPSA) is 99.5 Å². The highest BCUT2D eigenvalue weighted by Crippen LogP contribution is 2.60. The summed E-state index contributed by atoms with van der Waals surface area (Å²) in [6.45, 7) is 9.82. The van der Waals surface area contributed by atoms with E-state index >= 15 is 0 Å². The third kappa shape index (κ3) is 4.53. The van der Waals surface area contributed by atoms with E-state index in [1.807, 2.05) is 4.90 Å². The highest BCUT2D eigenvalue weighted by molar-refractivity contribution is 6.31. The van der Waals surface area contributed by atoms with E-state index in [-0.39, 0.29) is 46.1 Å². The first-order valence-corrected chi connectivity index (χ1v) is 14.7. The lowest BCUT2D eigenvalue weighted by atomic mass is 9.48. The molecule has 1 aliphatic heterocycles. The summed E-state index contributed by atoms with van der Waals surface area (Å²) in [4.78, 5) is 40.5. The number of nitriles is 1. The standard InChI is InChI=1S/C31H40ClN3O4/c1-28(2)24(29(3,4)25(28)39-22-6-5-21(18-33)23(32)17-22)34-26(37)30-9-12-31(13-10-30,14-11-30)27(38)35-15-7-20(19-36)8-16-35/h5-6,17,19-20,24-25H,7-16H2,1-4H3,(H,34,37)/t24-,25-,30?,31?. The summed E-state index contributed by atoms with van der Waals surface area (Å²) in [6, 6.07) is 7.11. The van der Waals surface area contributed by atoms with Crippen molar-refractivity contribution < 1.29 is 19.1 Å². The minimum atomic E-state index is -0.411. The molecule has 5 aliphatic rings. The van der Waals surface area contributed by atoms with Crippen molar-refractivity contribution in [3.05, 3.63) is 28.8 Å². The number of carbonyl (C=O) groups excluding carboxylic acids is 3. The molecule has 0 unspecified atom stereocenters. The molecule has 2 bridgehead atoms. The van der Waals surface area contributed by atoms with Gasteiger partial charge in [-0.15, -0.1) is 0 Å². The van der Waals surface area contributed by atoms with Crippen molar-refractivity contribution in [3.63, 3.8) is 0 Å². The van der Waals surface area contributed by atoms with Gasteiger partial charge in [0, 0.05) is 52.8 Å². The van der Waals surface area contributed by atoms with Gasteiger partial charge in [-0.05, 0) is 63.5 Å². The lowest BCUT2D eigenvalue weighted by molar-refractivity contribution is -0.181. The van der Waals surface area contributed by atoms with Gasteiger partial charge in [0.1, 0.15) is 24.2 Å². The highest BCUT2D eigenvalue weighted by Gasteiger charge is 2.65. The number of halogens is 1. The van der Waals surface area contributed by atoms with Gasteiger partial charge in [0.05, 0.1) is 10.6 Å². The van der Waals surface area contributed by atoms with Crippen LogP contribution in [-0.4, -0.2) is 48.2 Å². The van der Waals surface area contributed by atoms with E-state index < -0.39 is 5.41 Å². The van der Waals surface area contributed by atoms with Crippen LogP contribution in [0.3, 0.4) is 0 Å². The summed E-state index contributed by atoms with van der Waals surface area (Å²) in [5.41, 5.74) is -0.967. The van der Waals surface area contributed by atoms with Crippen molar-refractivity contribution in [2.45, 2.75) is 91.2 Å². The molecule has 0 radical (unpaired) electrons. The van der Waals surface area contributed by atoms with Gasteiger partial charge >= 0.3 is 0 Å². The average Bonchev–Trinajstić information content (AvgIpc) is 2.94. The Morgan fingerprint density at radius 3 is 2.10 bits per heavy atom. The Morgan fingerprint density at radius 1 is 1.03 bits per heavy atom. The SMILES string of the molecule is CC1(C)[C@H](NC(=O)C23CCC(C(=O)N4CCC(C=O)CC4)(CC2)CC3)C(C)(C)[C@H]1Oc1ccc(C#N)c(Cl)c1. The van der Waals surface area contributed by atoms with Crippen LogP contribution in [0.15, 0.2) is 18.2 Å². The van der Waals surface area contributed by atoms with Crippen LogP contribution in [-0.2, 0) is 14.4 Å². The zero-order valence-electron chi connectivity index (χ0n) is 23.5. The zero-order valence-corrected chi connectivity index (χ0v) is 24.3. The maximum Gasteiger partial charge on any atom is 0.228 e. The quantitative estimate of drug-likeness (QED) is 0.483. The summed E-state index contributed by atoms with van der Waals surface area (Å²) in [5.74, 6) is 1.04. The largest absolute Gasteiger partial charge is 0.489 e. The first kappa shape index (κ1) is 28.0. The molecule has 2 amide bonds. The van der Waals surface area contributed by atoms with E-state index in [1.165, 1.54) is 0 Å². The summed E-state index contributed by atoms with van der Waals surface area (Å²) in [6.07, 6.45) is 6.90. The molecule has 39 heavy (non-hydrogen) atoms. The molecule has 7 nitrogen and oxygen atoms in total. The average molecular weight is 554 g/mol. The molecule has 0 spiro atoms. The van der Waals surface area contributed by atoms with Crippen molar-refractivity contribution in [2.75, 3.05) is 13.1 Å². The lowest BCUT2D eigenvalue weighted by Crippen LogP contribution is -2.75. The first-order valence-electron chi connectivity index (χ1n) is 14.3. The minimum Gasteiger partial charge on any atom is -0.489 e. The number of nitrogens with zero attached hydrogens (tertiary/aromatic N) is 2. The Bertz CT molecular complexity index is 1170. The Balaban J connectivity index is 1.22. The lowest BCUT2D eigenvalue weighted by Gasteiger charge is -2.64. The Labute approximate surface area is 236 Å². The van der Waals surface area contributed by atoms with Gasteiger partial charge < -0.3 is 19.7 Å². The number of hydrogen-bond acceptors (Lipinski definition) is 5. The van der Waals surface area contributed by atoms with Gasteiger partial charge in [-0.25, -0.2) is 0 Å². The molecule has 1 aromatic carbocycles. The number of piperidine rings is 1. The van der Waals surface area contributed by atoms with Gasteiger partial charge in [-0.1, -0.05) is 39.3 Å². The van der Waals surface area contributed by atoms with Crippen molar-refractivity contribution in [1.29, 1.82) is 5.26 Å². The highest BCUT2D eigenvalue weighted by atomic mass is 35.5. The Morgan fingerprint density at radius 2 is 1.59 bits per heavy atom. The molecule has 8 heteroatoms. The number of likely N-dealkylation sites (tertiary alicyclic amines) is 1. The van der Waals surface area contributed by atoms with Gasteiger partial charge in [0.2, 0.25) is 11.8 Å². The van der Waals surface area contributed by atoms with E-state index in [1.54, 1.807) is 18.2 Å². The number of rotatable bonds is 6. The number of amides is 2. The van der Waals surface area contributed by atoms with E-state index in [0.29, 0.717) is 29.4 Å². The van der Waals surface area contributed by atoms with Crippen LogP contribution in [0.5, 0.6) is 5.75 Å². The Hall–Kier alpha value is -2.59. The molecule has 0 aromatic heterocycles. The normalized spacial score (nSPS) is 33.0. The van der Waals surface area contributed by atoms with Crippen LogP contribution < -0.4 is 10.1 Å². The second-order valence-electron chi connectivity index (χ2n) is 13.6. The first-order chi connectivity index (χ1) is 18.4. The van der Waals surface area contributed by atoms with Crippen LogP contribution in [0.2, 0.25) is 5.02 Å². The molecule has 6 rings (SSSR count). The van der Waals surface area contributed by atoms with Crippen LogP contribution in [0.1, 0.15) is 84.6 Å². The van der Waals surface area contributed by atoms with Gasteiger partial charge in [0.15, 0.2) is 0 Å². The second kappa shape index (κ2) is 9.80. The Kier molecular flexibility index (Phi) is 7.02. The molecule has 5 fully saturated rings. The molecule has 210 valence electrons. The molecule has 1 N–H and O–H groups in total. The van der Waals surface area contributed by atoms with Crippen molar-refractivity contribution >= 4 is 29.7 Å². The number of ether oxygens (including phenoxy) is 1. The summed E-state index contributed by atoms with van der Waals surface area (Å²) in [7, 11) is 0. The van der Waals surface area contributed by atoms with E-state index in [9.17, 15) is 14.4 Å². The molecule has 1 aromatic rings. The van der Waals surface area contributed by atoms with Crippen LogP contribution in [0.4, 0.5) is 0 Å². The summed E-state index contributed by atoms with van der Waals surface area (Å²) < 4.78 is 6.38. The molecular formula is C31H40ClN3O4. The van der Waals surface area contributed by atoms with Crippen molar-refractivity contribution in [1.82, 2.24) is 10.2 Å². The number of hydrogen-bond donors (Lipinski definition) is 1. The second-order valence-corrected chi connectivity index (χ2v) is 14.0. The maximum absolute atomic E-state index is 13.9. The number of fused-ring (bicyclic) bond motifs is 3. The molecule has 4 saturated carbocycles. The molecule has 4 aliphatic carbocycles. The van der Waals surface area contributed by atoms with Crippen LogP contribution >= 0.6 is 11.6 Å². The van der Waals surface area contributed by atoms with E-state index in [4.69, 9.17) is 21.6 Å². The van der Waals surface area contributed by atoms with Gasteiger partial charge in [-0.2, -0.15) is 5.26 Å². The minimum absolute atomic E-state index is 0.0694. The smallest absolute Gasteiger partial charge is 0.228 e. The fourth-order valence-corrected chi connectivity index (χ4v) is 8.51. The monoisotopic (exact) mass is 553 g/mol. The maximum atomic E-state index is 13.9. The summed E-state index contributed by atoms with van der Waals surface area (Å²) in [5, 5.41) is 13.0. The van der Waals surface area contributed by atoms with Crippen molar-refractivity contribution in [3.8, 4) is 11.8 Å². The van der Waals surface area contributed by atoms with Crippen LogP contribution in [0, 0.1) is 38.9 Å². The fourth-order valence-electron chi connectivity index (χ4n) is 8.30. The van der Waals surface area contributed by atoms with Gasteiger partial charge in [0.25, 0.3) is 0 Å². The number of aldehydes is 1. The molecule has 0 atom stereocenters. The number of benzene rings is 1. The van der Waals surface area contributed by atoms with E-state index in [2.05, 4.69) is 39.1 Å². The fraction of sp³-hybridized carbons (Fsp3) is 0.677. The van der Waals surface area contributed by atoms with Crippen molar-refractivity contribution in [2.24, 2.45) is 27.6 Å². The molecule has 1 saturated heterocycles. The zero-order chi connectivity index (χ0) is 28.2. The van der Waals surface area contributed by atoms with E-state index in [0.717, 1.165) is 57.7 Å². The predicted octanol–water partition coefficient (Wildman–Crippen LogP) is 5.29. The van der Waals surface area contributed by atoms with Gasteiger partial charge in [-0.3, -0.25) is 9.59 Å². The molecular weight excluding hydrogens is 514 g/mol. The summed E-state index contributed by atoms with van der Waals surface area (Å²) >= 11 is 6.22. The number of carbonyl (C=O) groups is 3. The van der Waals surface area contributed by atoms with Crippen LogP contribution in [0.25, 0.3) is 0 Å².